The average molecular weight is 247 g/mol. The molecule has 0 aliphatic heterocycles. The standard InChI is InChI=1S/C12H13N3O3/c16-12(17)11-9-13-14-15(11)7-4-8-18-10-5-2-1-3-6-10/h1-3,5-6,9H,4,7-8H2,(H,16,17). The second kappa shape index (κ2) is 5.81. The van der Waals surface area contributed by atoms with Gasteiger partial charge in [-0.25, -0.2) is 9.48 Å². The molecular weight excluding hydrogens is 234 g/mol. The van der Waals surface area contributed by atoms with E-state index in [-0.39, 0.29) is 5.69 Å². The zero-order valence-electron chi connectivity index (χ0n) is 9.69. The number of hydrogen-bond donors (Lipinski definition) is 1. The lowest BCUT2D eigenvalue weighted by Crippen LogP contribution is -2.12. The number of aryl methyl sites for hydroxylation is 1. The first-order chi connectivity index (χ1) is 8.77. The van der Waals surface area contributed by atoms with Gasteiger partial charge in [-0.15, -0.1) is 5.10 Å². The molecule has 0 amide bonds. The van der Waals surface area contributed by atoms with Crippen molar-refractivity contribution in [1.29, 1.82) is 0 Å². The Labute approximate surface area is 104 Å². The van der Waals surface area contributed by atoms with Crippen molar-refractivity contribution in [2.45, 2.75) is 13.0 Å². The van der Waals surface area contributed by atoms with Gasteiger partial charge in [-0.2, -0.15) is 0 Å². The van der Waals surface area contributed by atoms with Gasteiger partial charge in [0.15, 0.2) is 5.69 Å². The molecule has 1 aromatic heterocycles. The third-order valence-electron chi connectivity index (χ3n) is 2.36. The van der Waals surface area contributed by atoms with E-state index in [9.17, 15) is 4.79 Å². The van der Waals surface area contributed by atoms with E-state index in [4.69, 9.17) is 9.84 Å². The van der Waals surface area contributed by atoms with Crippen LogP contribution < -0.4 is 4.74 Å². The van der Waals surface area contributed by atoms with Gasteiger partial charge in [0, 0.05) is 13.0 Å². The van der Waals surface area contributed by atoms with E-state index in [1.54, 1.807) is 0 Å². The highest BCUT2D eigenvalue weighted by Crippen LogP contribution is 2.08. The molecule has 0 fully saturated rings. The minimum atomic E-state index is -1.02. The minimum Gasteiger partial charge on any atom is -0.494 e. The van der Waals surface area contributed by atoms with Crippen LogP contribution >= 0.6 is 0 Å². The quantitative estimate of drug-likeness (QED) is 0.781. The van der Waals surface area contributed by atoms with E-state index in [2.05, 4.69) is 10.3 Å². The molecule has 1 N–H and O–H groups in total. The van der Waals surface area contributed by atoms with Crippen molar-refractivity contribution in [2.75, 3.05) is 6.61 Å². The summed E-state index contributed by atoms with van der Waals surface area (Å²) in [5.74, 6) is -0.224. The summed E-state index contributed by atoms with van der Waals surface area (Å²) < 4.78 is 6.85. The summed E-state index contributed by atoms with van der Waals surface area (Å²) in [6.45, 7) is 0.970. The highest BCUT2D eigenvalue weighted by atomic mass is 16.5. The number of aromatic carboxylic acids is 1. The molecule has 18 heavy (non-hydrogen) atoms. The summed E-state index contributed by atoms with van der Waals surface area (Å²) in [7, 11) is 0. The Balaban J connectivity index is 1.79. The molecule has 0 unspecified atom stereocenters. The maximum Gasteiger partial charge on any atom is 0.355 e. The number of benzene rings is 1. The fourth-order valence-electron chi connectivity index (χ4n) is 1.51. The molecular formula is C12H13N3O3. The molecule has 6 nitrogen and oxygen atoms in total. The molecule has 0 aliphatic rings. The number of rotatable bonds is 6. The van der Waals surface area contributed by atoms with Crippen molar-refractivity contribution in [2.24, 2.45) is 0 Å². The third-order valence-corrected chi connectivity index (χ3v) is 2.36. The molecule has 2 rings (SSSR count). The fraction of sp³-hybridized carbons (Fsp3) is 0.250. The molecule has 2 aromatic rings. The lowest BCUT2D eigenvalue weighted by Gasteiger charge is -2.06. The second-order valence-corrected chi connectivity index (χ2v) is 3.66. The summed E-state index contributed by atoms with van der Waals surface area (Å²) in [6, 6.07) is 9.46. The molecule has 0 spiro atoms. The van der Waals surface area contributed by atoms with E-state index >= 15 is 0 Å². The average Bonchev–Trinajstić information content (AvgIpc) is 2.84. The molecule has 94 valence electrons. The van der Waals surface area contributed by atoms with Crippen LogP contribution in [-0.2, 0) is 6.54 Å². The van der Waals surface area contributed by atoms with E-state index in [1.165, 1.54) is 10.9 Å². The van der Waals surface area contributed by atoms with E-state index < -0.39 is 5.97 Å². The lowest BCUT2D eigenvalue weighted by molar-refractivity contribution is 0.0682. The van der Waals surface area contributed by atoms with Crippen LogP contribution in [0.2, 0.25) is 0 Å². The largest absolute Gasteiger partial charge is 0.494 e. The van der Waals surface area contributed by atoms with Crippen LogP contribution in [0.25, 0.3) is 0 Å². The molecule has 6 heteroatoms. The number of carboxylic acid groups (broad SMARTS) is 1. The number of hydrogen-bond acceptors (Lipinski definition) is 4. The molecule has 1 heterocycles. The lowest BCUT2D eigenvalue weighted by atomic mass is 10.3. The predicted molar refractivity (Wildman–Crippen MR) is 63.5 cm³/mol. The normalized spacial score (nSPS) is 10.2. The first-order valence-electron chi connectivity index (χ1n) is 5.57. The Kier molecular flexibility index (Phi) is 3.90. The number of nitrogens with zero attached hydrogens (tertiary/aromatic N) is 3. The summed E-state index contributed by atoms with van der Waals surface area (Å²) in [5.41, 5.74) is 0.0923. The molecule has 0 aliphatic carbocycles. The van der Waals surface area contributed by atoms with Gasteiger partial charge in [-0.1, -0.05) is 23.4 Å². The van der Waals surface area contributed by atoms with E-state index in [0.717, 1.165) is 5.75 Å². The van der Waals surface area contributed by atoms with Crippen LogP contribution in [0.3, 0.4) is 0 Å². The van der Waals surface area contributed by atoms with Crippen LogP contribution in [-0.4, -0.2) is 32.7 Å². The van der Waals surface area contributed by atoms with Crippen molar-refractivity contribution in [1.82, 2.24) is 15.0 Å². The smallest absolute Gasteiger partial charge is 0.355 e. The number of carboxylic acids is 1. The summed E-state index contributed by atoms with van der Waals surface area (Å²) >= 11 is 0. The predicted octanol–water partition coefficient (Wildman–Crippen LogP) is 1.45. The van der Waals surface area contributed by atoms with Crippen LogP contribution in [0, 0.1) is 0 Å². The Hall–Kier alpha value is -2.37. The Bertz CT molecular complexity index is 510. The van der Waals surface area contributed by atoms with Crippen LogP contribution in [0.15, 0.2) is 36.5 Å². The zero-order chi connectivity index (χ0) is 12.8. The molecule has 0 radical (unpaired) electrons. The van der Waals surface area contributed by atoms with Crippen LogP contribution in [0.5, 0.6) is 5.75 Å². The highest BCUT2D eigenvalue weighted by molar-refractivity contribution is 5.85. The van der Waals surface area contributed by atoms with Crippen LogP contribution in [0.4, 0.5) is 0 Å². The summed E-state index contributed by atoms with van der Waals surface area (Å²) in [5, 5.41) is 16.1. The Morgan fingerprint density at radius 1 is 1.33 bits per heavy atom. The second-order valence-electron chi connectivity index (χ2n) is 3.66. The number of carbonyl (C=O) groups is 1. The molecule has 0 saturated heterocycles. The maximum atomic E-state index is 10.8. The van der Waals surface area contributed by atoms with Gasteiger partial charge in [-0.05, 0) is 12.1 Å². The van der Waals surface area contributed by atoms with Gasteiger partial charge in [0.25, 0.3) is 0 Å². The highest BCUT2D eigenvalue weighted by Gasteiger charge is 2.10. The molecule has 0 atom stereocenters. The fourth-order valence-corrected chi connectivity index (χ4v) is 1.51. The van der Waals surface area contributed by atoms with Crippen molar-refractivity contribution in [3.05, 3.63) is 42.2 Å². The van der Waals surface area contributed by atoms with Gasteiger partial charge < -0.3 is 9.84 Å². The number of aromatic nitrogens is 3. The van der Waals surface area contributed by atoms with E-state index in [0.29, 0.717) is 19.6 Å². The van der Waals surface area contributed by atoms with Gasteiger partial charge in [0.1, 0.15) is 5.75 Å². The molecule has 1 aromatic carbocycles. The van der Waals surface area contributed by atoms with E-state index in [1.807, 2.05) is 30.3 Å². The van der Waals surface area contributed by atoms with Crippen molar-refractivity contribution in [3.8, 4) is 5.75 Å². The summed E-state index contributed by atoms with van der Waals surface area (Å²) in [6.07, 6.45) is 1.90. The van der Waals surface area contributed by atoms with Gasteiger partial charge in [0.2, 0.25) is 0 Å². The maximum absolute atomic E-state index is 10.8. The Morgan fingerprint density at radius 2 is 2.11 bits per heavy atom. The van der Waals surface area contributed by atoms with Gasteiger partial charge in [-0.3, -0.25) is 0 Å². The first kappa shape index (κ1) is 12.1. The number of para-hydroxylation sites is 1. The molecule has 0 saturated carbocycles. The molecule has 0 bridgehead atoms. The van der Waals surface area contributed by atoms with Crippen molar-refractivity contribution in [3.63, 3.8) is 0 Å². The van der Waals surface area contributed by atoms with Gasteiger partial charge in [0.05, 0.1) is 12.8 Å². The monoisotopic (exact) mass is 247 g/mol. The minimum absolute atomic E-state index is 0.0923. The topological polar surface area (TPSA) is 77.2 Å². The zero-order valence-corrected chi connectivity index (χ0v) is 9.69. The Morgan fingerprint density at radius 3 is 2.83 bits per heavy atom. The van der Waals surface area contributed by atoms with Crippen molar-refractivity contribution < 1.29 is 14.6 Å². The van der Waals surface area contributed by atoms with Gasteiger partial charge >= 0.3 is 5.97 Å². The van der Waals surface area contributed by atoms with Crippen molar-refractivity contribution >= 4 is 5.97 Å². The summed E-state index contributed by atoms with van der Waals surface area (Å²) in [4.78, 5) is 10.8. The number of ether oxygens (including phenoxy) is 1. The third kappa shape index (κ3) is 3.07. The first-order valence-corrected chi connectivity index (χ1v) is 5.57. The van der Waals surface area contributed by atoms with Crippen LogP contribution in [0.1, 0.15) is 16.9 Å². The SMILES string of the molecule is O=C(O)c1cnnn1CCCOc1ccccc1.